The molecule has 8 nitrogen and oxygen atoms in total. The Bertz CT molecular complexity index is 1020. The molecule has 166 valence electrons. The Kier molecular flexibility index (Phi) is 7.17. The number of amides is 1. The highest BCUT2D eigenvalue weighted by Crippen LogP contribution is 2.31. The molecule has 31 heavy (non-hydrogen) atoms. The smallest absolute Gasteiger partial charge is 0.261 e. The van der Waals surface area contributed by atoms with E-state index in [0.717, 1.165) is 12.8 Å². The van der Waals surface area contributed by atoms with Crippen LogP contribution in [0.4, 0.5) is 11.4 Å². The first-order valence-electron chi connectivity index (χ1n) is 10.2. The van der Waals surface area contributed by atoms with Gasteiger partial charge in [-0.2, -0.15) is 0 Å². The number of aliphatic carboxylic acids is 1. The number of carbonyl (C=O) groups excluding carboxylic acids is 2. The molecule has 2 aromatic carbocycles. The van der Waals surface area contributed by atoms with Crippen LogP contribution in [-0.2, 0) is 19.6 Å². The van der Waals surface area contributed by atoms with E-state index in [0.29, 0.717) is 36.6 Å². The molecule has 2 atom stereocenters. The Morgan fingerprint density at radius 3 is 2.13 bits per heavy atom. The van der Waals surface area contributed by atoms with Crippen LogP contribution in [0.5, 0.6) is 5.75 Å². The highest BCUT2D eigenvalue weighted by atomic mass is 32.2. The number of sulfonamides is 1. The maximum atomic E-state index is 12.6. The van der Waals surface area contributed by atoms with Gasteiger partial charge >= 0.3 is 0 Å². The fourth-order valence-corrected chi connectivity index (χ4v) is 4.74. The fourth-order valence-electron chi connectivity index (χ4n) is 3.68. The lowest BCUT2D eigenvalue weighted by molar-refractivity contribution is -0.313. The summed E-state index contributed by atoms with van der Waals surface area (Å²) < 4.78 is 33.0. The van der Waals surface area contributed by atoms with E-state index in [1.54, 1.807) is 24.3 Å². The largest absolute Gasteiger partial charge is 0.550 e. The van der Waals surface area contributed by atoms with E-state index in [2.05, 4.69) is 10.0 Å². The molecule has 0 aliphatic heterocycles. The Balaban J connectivity index is 1.66. The lowest BCUT2D eigenvalue weighted by atomic mass is 9.78. The van der Waals surface area contributed by atoms with Crippen LogP contribution in [0.3, 0.4) is 0 Å². The SMILES string of the molecule is CCOc1ccc(NS(=O)(=O)c2ccc(NC(=O)C3CCCCC3C(=O)[O-])cc2)cc1. The van der Waals surface area contributed by atoms with Gasteiger partial charge in [0.25, 0.3) is 10.0 Å². The van der Waals surface area contributed by atoms with Crippen molar-refractivity contribution in [3.05, 3.63) is 48.5 Å². The molecule has 0 spiro atoms. The molecule has 0 heterocycles. The average Bonchev–Trinajstić information content (AvgIpc) is 2.75. The number of hydrogen-bond acceptors (Lipinski definition) is 6. The third kappa shape index (κ3) is 5.75. The predicted octanol–water partition coefficient (Wildman–Crippen LogP) is 2.38. The van der Waals surface area contributed by atoms with Gasteiger partial charge in [-0.1, -0.05) is 12.8 Å². The van der Waals surface area contributed by atoms with Crippen LogP contribution in [0, 0.1) is 11.8 Å². The molecule has 1 fully saturated rings. The average molecular weight is 446 g/mol. The summed E-state index contributed by atoms with van der Waals surface area (Å²) in [4.78, 5) is 23.9. The molecule has 0 radical (unpaired) electrons. The number of hydrogen-bond donors (Lipinski definition) is 2. The van der Waals surface area contributed by atoms with Gasteiger partial charge in [0.15, 0.2) is 0 Å². The van der Waals surface area contributed by atoms with E-state index in [-0.39, 0.29) is 4.90 Å². The number of nitrogens with one attached hydrogen (secondary N) is 2. The van der Waals surface area contributed by atoms with Gasteiger partial charge in [-0.25, -0.2) is 8.42 Å². The monoisotopic (exact) mass is 445 g/mol. The molecule has 1 aliphatic rings. The summed E-state index contributed by atoms with van der Waals surface area (Å²) in [7, 11) is -3.81. The highest BCUT2D eigenvalue weighted by molar-refractivity contribution is 7.92. The molecule has 9 heteroatoms. The summed E-state index contributed by atoms with van der Waals surface area (Å²) in [6.07, 6.45) is 2.46. The van der Waals surface area contributed by atoms with Crippen molar-refractivity contribution >= 4 is 33.3 Å². The summed E-state index contributed by atoms with van der Waals surface area (Å²) in [6.45, 7) is 2.38. The van der Waals surface area contributed by atoms with Crippen LogP contribution >= 0.6 is 0 Å². The highest BCUT2D eigenvalue weighted by Gasteiger charge is 2.31. The van der Waals surface area contributed by atoms with Gasteiger partial charge in [0, 0.05) is 29.2 Å². The molecule has 1 aliphatic carbocycles. The van der Waals surface area contributed by atoms with Gasteiger partial charge in [0.05, 0.1) is 11.5 Å². The Labute approximate surface area is 181 Å². The van der Waals surface area contributed by atoms with Gasteiger partial charge in [-0.05, 0) is 68.3 Å². The molecule has 2 aromatic rings. The van der Waals surface area contributed by atoms with Gasteiger partial charge in [-0.15, -0.1) is 0 Å². The lowest BCUT2D eigenvalue weighted by Crippen LogP contribution is -2.42. The second-order valence-electron chi connectivity index (χ2n) is 7.39. The molecule has 3 rings (SSSR count). The summed E-state index contributed by atoms with van der Waals surface area (Å²) in [5.74, 6) is -2.40. The van der Waals surface area contributed by atoms with E-state index in [1.807, 2.05) is 6.92 Å². The van der Waals surface area contributed by atoms with E-state index in [4.69, 9.17) is 4.74 Å². The normalized spacial score (nSPS) is 18.7. The van der Waals surface area contributed by atoms with Crippen molar-refractivity contribution in [3.63, 3.8) is 0 Å². The zero-order valence-corrected chi connectivity index (χ0v) is 18.0. The number of carbonyl (C=O) groups is 2. The van der Waals surface area contributed by atoms with Crippen molar-refractivity contribution in [2.24, 2.45) is 11.8 Å². The molecular formula is C22H25N2O6S-. The van der Waals surface area contributed by atoms with Crippen molar-refractivity contribution in [2.75, 3.05) is 16.6 Å². The van der Waals surface area contributed by atoms with Crippen molar-refractivity contribution in [1.29, 1.82) is 0 Å². The minimum Gasteiger partial charge on any atom is -0.550 e. The first-order valence-corrected chi connectivity index (χ1v) is 11.7. The molecule has 0 bridgehead atoms. The summed E-state index contributed by atoms with van der Waals surface area (Å²) in [6, 6.07) is 12.3. The lowest BCUT2D eigenvalue weighted by Gasteiger charge is -2.31. The number of carboxylic acid groups (broad SMARTS) is 1. The Hall–Kier alpha value is -3.07. The zero-order chi connectivity index (χ0) is 22.4. The minimum atomic E-state index is -3.81. The van der Waals surface area contributed by atoms with Gasteiger partial charge in [0.1, 0.15) is 5.75 Å². The maximum Gasteiger partial charge on any atom is 0.261 e. The van der Waals surface area contributed by atoms with Crippen molar-refractivity contribution in [2.45, 2.75) is 37.5 Å². The standard InChI is InChI=1S/C22H26N2O6S/c1-2-30-17-11-7-16(8-12-17)24-31(28,29)18-13-9-15(10-14-18)23-21(25)19-5-3-4-6-20(19)22(26)27/h7-14,19-20,24H,2-6H2,1H3,(H,23,25)(H,26,27)/p-1. The molecular weight excluding hydrogens is 420 g/mol. The minimum absolute atomic E-state index is 0.0321. The topological polar surface area (TPSA) is 125 Å². The summed E-state index contributed by atoms with van der Waals surface area (Å²) >= 11 is 0. The van der Waals surface area contributed by atoms with E-state index >= 15 is 0 Å². The van der Waals surface area contributed by atoms with Crippen LogP contribution in [0.1, 0.15) is 32.6 Å². The number of carboxylic acids is 1. The van der Waals surface area contributed by atoms with Gasteiger partial charge < -0.3 is 20.0 Å². The Morgan fingerprint density at radius 1 is 0.968 bits per heavy atom. The second kappa shape index (κ2) is 9.82. The summed E-state index contributed by atoms with van der Waals surface area (Å²) in [5, 5.41) is 14.0. The molecule has 2 N–H and O–H groups in total. The maximum absolute atomic E-state index is 12.6. The van der Waals surface area contributed by atoms with Crippen LogP contribution in [0.2, 0.25) is 0 Å². The molecule has 2 unspecified atom stereocenters. The number of ether oxygens (including phenoxy) is 1. The first-order chi connectivity index (χ1) is 14.8. The number of benzene rings is 2. The fraction of sp³-hybridized carbons (Fsp3) is 0.364. The van der Waals surface area contributed by atoms with Crippen molar-refractivity contribution in [3.8, 4) is 5.75 Å². The zero-order valence-electron chi connectivity index (χ0n) is 17.2. The molecule has 0 aromatic heterocycles. The quantitative estimate of drug-likeness (QED) is 0.643. The molecule has 1 saturated carbocycles. The van der Waals surface area contributed by atoms with Crippen LogP contribution in [-0.4, -0.2) is 26.9 Å². The van der Waals surface area contributed by atoms with Crippen molar-refractivity contribution < 1.29 is 27.9 Å². The third-order valence-corrected chi connectivity index (χ3v) is 6.65. The van der Waals surface area contributed by atoms with E-state index < -0.39 is 33.7 Å². The van der Waals surface area contributed by atoms with Gasteiger partial charge in [-0.3, -0.25) is 9.52 Å². The predicted molar refractivity (Wildman–Crippen MR) is 114 cm³/mol. The van der Waals surface area contributed by atoms with Crippen LogP contribution in [0.25, 0.3) is 0 Å². The van der Waals surface area contributed by atoms with Crippen LogP contribution < -0.4 is 19.9 Å². The number of anilines is 2. The van der Waals surface area contributed by atoms with E-state index in [1.165, 1.54) is 24.3 Å². The van der Waals surface area contributed by atoms with Gasteiger partial charge in [0.2, 0.25) is 5.91 Å². The van der Waals surface area contributed by atoms with Crippen LogP contribution in [0.15, 0.2) is 53.4 Å². The van der Waals surface area contributed by atoms with E-state index in [9.17, 15) is 23.1 Å². The molecule has 1 amide bonds. The summed E-state index contributed by atoms with van der Waals surface area (Å²) in [5.41, 5.74) is 0.791. The number of rotatable bonds is 8. The van der Waals surface area contributed by atoms with Crippen molar-refractivity contribution in [1.82, 2.24) is 0 Å². The second-order valence-corrected chi connectivity index (χ2v) is 9.08. The first kappa shape index (κ1) is 22.6. The Morgan fingerprint density at radius 2 is 1.55 bits per heavy atom. The third-order valence-electron chi connectivity index (χ3n) is 5.26. The molecule has 0 saturated heterocycles.